The van der Waals surface area contributed by atoms with Crippen LogP contribution in [-0.2, 0) is 11.3 Å². The molecule has 0 aliphatic heterocycles. The first-order valence-corrected chi connectivity index (χ1v) is 12.0. The topological polar surface area (TPSA) is 58.7 Å². The van der Waals surface area contributed by atoms with Crippen LogP contribution in [-0.4, -0.2) is 21.7 Å². The molecule has 30 heavy (non-hydrogen) atoms. The summed E-state index contributed by atoms with van der Waals surface area (Å²) in [4.78, 5) is 13.2. The van der Waals surface area contributed by atoms with Crippen LogP contribution >= 0.6 is 0 Å². The summed E-state index contributed by atoms with van der Waals surface area (Å²) >= 11 is 0. The summed E-state index contributed by atoms with van der Waals surface area (Å²) in [5, 5.41) is 13.2. The van der Waals surface area contributed by atoms with E-state index in [-0.39, 0.29) is 29.6 Å². The van der Waals surface area contributed by atoms with Gasteiger partial charge in [-0.15, -0.1) is 0 Å². The van der Waals surface area contributed by atoms with E-state index in [4.69, 9.17) is 5.26 Å². The quantitative estimate of drug-likeness (QED) is 0.689. The number of rotatable bonds is 3. The van der Waals surface area contributed by atoms with Gasteiger partial charge in [0.25, 0.3) is 0 Å². The number of Topliss-reactive ketones (excluding diaryl/α,β-unsaturated/α-hetero) is 1. The molecule has 4 nitrogen and oxygen atoms in total. The zero-order valence-corrected chi connectivity index (χ0v) is 18.3. The van der Waals surface area contributed by atoms with Gasteiger partial charge in [-0.05, 0) is 91.9 Å². The summed E-state index contributed by atoms with van der Waals surface area (Å²) in [5.41, 5.74) is 0.351. The lowest BCUT2D eigenvalue weighted by Crippen LogP contribution is -2.52. The van der Waals surface area contributed by atoms with Gasteiger partial charge in [-0.25, -0.2) is 4.39 Å². The van der Waals surface area contributed by atoms with Crippen molar-refractivity contribution in [3.8, 4) is 6.07 Å². The molecule has 162 valence electrons. The predicted octanol–water partition coefficient (Wildman–Crippen LogP) is 5.18. The summed E-state index contributed by atoms with van der Waals surface area (Å²) in [5.74, 6) is 3.42. The number of hydrogen-bond acceptors (Lipinski definition) is 3. The number of aromatic nitrogens is 2. The number of carbonyl (C=O) groups is 1. The molecule has 0 bridgehead atoms. The van der Waals surface area contributed by atoms with Crippen LogP contribution in [0, 0.1) is 58.2 Å². The second-order valence-electron chi connectivity index (χ2n) is 11.1. The Morgan fingerprint density at radius 1 is 1.20 bits per heavy atom. The second-order valence-corrected chi connectivity index (χ2v) is 11.1. The molecule has 0 saturated heterocycles. The molecule has 4 aliphatic rings. The molecule has 9 atom stereocenters. The molecule has 1 aromatic heterocycles. The zero-order valence-electron chi connectivity index (χ0n) is 18.3. The minimum absolute atomic E-state index is 0.00201. The first-order chi connectivity index (χ1) is 14.4. The number of carbonyl (C=O) groups excluding carboxylic acids is 1. The smallest absolute Gasteiger partial charge is 0.162 e. The Kier molecular flexibility index (Phi) is 5.03. The lowest BCUT2D eigenvalue weighted by atomic mass is 9.49. The van der Waals surface area contributed by atoms with E-state index in [1.54, 1.807) is 16.9 Å². The van der Waals surface area contributed by atoms with Gasteiger partial charge >= 0.3 is 0 Å². The fraction of sp³-hybridized carbons (Fsp3) is 0.800. The Bertz CT molecular complexity index is 859. The molecule has 0 N–H and O–H groups in total. The van der Waals surface area contributed by atoms with Crippen molar-refractivity contribution in [2.24, 2.45) is 46.8 Å². The average Bonchev–Trinajstić information content (AvgIpc) is 3.32. The maximum Gasteiger partial charge on any atom is 0.162 e. The van der Waals surface area contributed by atoms with Crippen LogP contribution < -0.4 is 0 Å². The van der Waals surface area contributed by atoms with Crippen molar-refractivity contribution in [2.45, 2.75) is 77.9 Å². The van der Waals surface area contributed by atoms with E-state index in [0.29, 0.717) is 35.3 Å². The van der Waals surface area contributed by atoms with Crippen LogP contribution in [0.2, 0.25) is 0 Å². The number of hydrogen-bond donors (Lipinski definition) is 0. The van der Waals surface area contributed by atoms with E-state index in [1.807, 2.05) is 6.07 Å². The van der Waals surface area contributed by atoms with E-state index in [0.717, 1.165) is 32.1 Å². The monoisotopic (exact) mass is 411 g/mol. The molecule has 5 rings (SSSR count). The second kappa shape index (κ2) is 7.46. The molecule has 0 aromatic carbocycles. The van der Waals surface area contributed by atoms with Gasteiger partial charge in [0, 0.05) is 12.1 Å². The van der Waals surface area contributed by atoms with Gasteiger partial charge in [-0.3, -0.25) is 9.48 Å². The van der Waals surface area contributed by atoms with Gasteiger partial charge in [0.15, 0.2) is 11.5 Å². The third-order valence-corrected chi connectivity index (χ3v) is 9.68. The highest BCUT2D eigenvalue weighted by molar-refractivity contribution is 5.82. The fourth-order valence-corrected chi connectivity index (χ4v) is 8.33. The highest BCUT2D eigenvalue weighted by Gasteiger charge is 2.59. The molecule has 9 unspecified atom stereocenters. The molecule has 4 saturated carbocycles. The van der Waals surface area contributed by atoms with Crippen LogP contribution in [0.1, 0.15) is 70.9 Å². The third-order valence-electron chi connectivity index (χ3n) is 9.68. The zero-order chi connectivity index (χ0) is 21.0. The predicted molar refractivity (Wildman–Crippen MR) is 112 cm³/mol. The molecule has 4 aliphatic carbocycles. The first-order valence-electron chi connectivity index (χ1n) is 12.0. The normalized spacial score (nSPS) is 45.1. The van der Waals surface area contributed by atoms with E-state index in [2.05, 4.69) is 18.9 Å². The molecule has 5 heteroatoms. The van der Waals surface area contributed by atoms with Crippen LogP contribution in [0.5, 0.6) is 0 Å². The van der Waals surface area contributed by atoms with Crippen LogP contribution in [0.25, 0.3) is 0 Å². The lowest BCUT2D eigenvalue weighted by Gasteiger charge is -2.56. The molecular formula is C25H34FN3O. The minimum atomic E-state index is -0.649. The van der Waals surface area contributed by atoms with E-state index >= 15 is 4.39 Å². The van der Waals surface area contributed by atoms with Crippen molar-refractivity contribution in [2.75, 3.05) is 0 Å². The van der Waals surface area contributed by atoms with Crippen molar-refractivity contribution in [3.05, 3.63) is 18.0 Å². The molecule has 0 radical (unpaired) electrons. The third kappa shape index (κ3) is 3.13. The summed E-state index contributed by atoms with van der Waals surface area (Å²) in [7, 11) is 0. The minimum Gasteiger partial charge on any atom is -0.297 e. The summed E-state index contributed by atoms with van der Waals surface area (Å²) in [6.07, 6.45) is 9.61. The maximum absolute atomic E-state index is 15.3. The number of halogens is 1. The highest BCUT2D eigenvalue weighted by Crippen LogP contribution is 2.64. The molecule has 1 aromatic rings. The highest BCUT2D eigenvalue weighted by atomic mass is 19.1. The van der Waals surface area contributed by atoms with Gasteiger partial charge in [-0.2, -0.15) is 10.4 Å². The summed E-state index contributed by atoms with van der Waals surface area (Å²) in [6.45, 7) is 4.85. The standard InChI is InChI=1S/C25H34FN3O/c1-15-3-4-17-18-7-9-25(2)21(19(18)12-23(26)20(17)11-15)5-6-22(25)24(30)14-29-10-8-16(13-27)28-29/h8,10,15,17-23H,3-7,9,11-12,14H2,1-2H3. The maximum atomic E-state index is 15.3. The summed E-state index contributed by atoms with van der Waals surface area (Å²) < 4.78 is 16.9. The number of fused-ring (bicyclic) bond motifs is 5. The van der Waals surface area contributed by atoms with Crippen molar-refractivity contribution in [3.63, 3.8) is 0 Å². The van der Waals surface area contributed by atoms with Gasteiger partial charge < -0.3 is 0 Å². The van der Waals surface area contributed by atoms with E-state index in [9.17, 15) is 4.79 Å². The van der Waals surface area contributed by atoms with Crippen LogP contribution in [0.15, 0.2) is 12.3 Å². The van der Waals surface area contributed by atoms with Crippen molar-refractivity contribution in [1.82, 2.24) is 9.78 Å². The van der Waals surface area contributed by atoms with Crippen molar-refractivity contribution < 1.29 is 9.18 Å². The Balaban J connectivity index is 1.33. The molecule has 0 amide bonds. The molecule has 1 heterocycles. The SMILES string of the molecule is CC1CCC2C(C1)C(F)CC1C2CCC2(C)C(C(=O)Cn3ccc(C#N)n3)CCC12. The van der Waals surface area contributed by atoms with Gasteiger partial charge in [0.2, 0.25) is 0 Å². The summed E-state index contributed by atoms with van der Waals surface area (Å²) in [6, 6.07) is 3.68. The molecular weight excluding hydrogens is 377 g/mol. The molecule has 4 fully saturated rings. The number of nitriles is 1. The van der Waals surface area contributed by atoms with Crippen molar-refractivity contribution >= 4 is 5.78 Å². The van der Waals surface area contributed by atoms with E-state index < -0.39 is 6.17 Å². The Morgan fingerprint density at radius 2 is 2.00 bits per heavy atom. The Morgan fingerprint density at radius 3 is 2.77 bits per heavy atom. The number of nitrogens with zero attached hydrogens (tertiary/aromatic N) is 3. The van der Waals surface area contributed by atoms with Crippen molar-refractivity contribution in [1.29, 1.82) is 5.26 Å². The average molecular weight is 412 g/mol. The number of ketones is 1. The van der Waals surface area contributed by atoms with Gasteiger partial charge in [0.05, 0.1) is 6.54 Å². The van der Waals surface area contributed by atoms with Gasteiger partial charge in [0.1, 0.15) is 12.2 Å². The van der Waals surface area contributed by atoms with Crippen LogP contribution in [0.3, 0.4) is 0 Å². The first kappa shape index (κ1) is 20.2. The van der Waals surface area contributed by atoms with Gasteiger partial charge in [-0.1, -0.05) is 20.3 Å². The lowest BCUT2D eigenvalue weighted by molar-refractivity contribution is -0.133. The molecule has 0 spiro atoms. The number of alkyl halides is 1. The fourth-order valence-electron chi connectivity index (χ4n) is 8.33. The Labute approximate surface area is 179 Å². The van der Waals surface area contributed by atoms with E-state index in [1.165, 1.54) is 19.3 Å². The Hall–Kier alpha value is -1.70. The van der Waals surface area contributed by atoms with Crippen LogP contribution in [0.4, 0.5) is 4.39 Å². The largest absolute Gasteiger partial charge is 0.297 e.